The number of fused-ring (bicyclic) bond motifs is 1. The van der Waals surface area contributed by atoms with E-state index in [4.69, 9.17) is 14.2 Å². The van der Waals surface area contributed by atoms with E-state index in [2.05, 4.69) is 5.32 Å². The van der Waals surface area contributed by atoms with Crippen molar-refractivity contribution in [1.82, 2.24) is 9.88 Å². The van der Waals surface area contributed by atoms with E-state index in [0.717, 1.165) is 22.5 Å². The first-order valence-corrected chi connectivity index (χ1v) is 12.2. The first kappa shape index (κ1) is 25.2. The topological polar surface area (TPSA) is 95.9 Å². The van der Waals surface area contributed by atoms with Gasteiger partial charge in [0, 0.05) is 6.54 Å². The van der Waals surface area contributed by atoms with Crippen molar-refractivity contribution in [2.45, 2.75) is 19.9 Å². The molecule has 1 aromatic heterocycles. The van der Waals surface area contributed by atoms with Crippen molar-refractivity contribution in [3.05, 3.63) is 79.0 Å². The molecule has 0 saturated heterocycles. The van der Waals surface area contributed by atoms with Crippen molar-refractivity contribution in [2.24, 2.45) is 0 Å². The Labute approximate surface area is 210 Å². The van der Waals surface area contributed by atoms with Gasteiger partial charge >= 0.3 is 5.97 Å². The summed E-state index contributed by atoms with van der Waals surface area (Å²) in [5.74, 6) is -0.0910. The molecule has 1 N–H and O–H groups in total. The molecule has 10 heteroatoms. The zero-order valence-electron chi connectivity index (χ0n) is 19.6. The van der Waals surface area contributed by atoms with Crippen LogP contribution in [0.1, 0.15) is 18.1 Å². The minimum absolute atomic E-state index is 0.186. The number of ether oxygens (including phenoxy) is 3. The number of benzene rings is 2. The van der Waals surface area contributed by atoms with Crippen molar-refractivity contribution < 1.29 is 28.2 Å². The van der Waals surface area contributed by atoms with Crippen LogP contribution in [0.2, 0.25) is 0 Å². The van der Waals surface area contributed by atoms with Crippen LogP contribution in [-0.4, -0.2) is 42.8 Å². The number of rotatable bonds is 8. The molecule has 36 heavy (non-hydrogen) atoms. The van der Waals surface area contributed by atoms with Crippen LogP contribution in [0.5, 0.6) is 11.5 Å². The molecule has 4 rings (SSSR count). The summed E-state index contributed by atoms with van der Waals surface area (Å²) in [7, 11) is 0. The van der Waals surface area contributed by atoms with Gasteiger partial charge in [-0.15, -0.1) is 11.3 Å². The van der Waals surface area contributed by atoms with Crippen LogP contribution < -0.4 is 29.5 Å². The summed E-state index contributed by atoms with van der Waals surface area (Å²) in [4.78, 5) is 37.9. The van der Waals surface area contributed by atoms with E-state index in [1.807, 2.05) is 0 Å². The predicted molar refractivity (Wildman–Crippen MR) is 133 cm³/mol. The maximum atomic E-state index is 13.2. The minimum Gasteiger partial charge on any atom is -0.486 e. The average Bonchev–Trinajstić information content (AvgIpc) is 3.14. The number of halogens is 1. The number of amides is 1. The van der Waals surface area contributed by atoms with Gasteiger partial charge in [0.2, 0.25) is 5.91 Å². The van der Waals surface area contributed by atoms with E-state index >= 15 is 0 Å². The number of thiazole rings is 1. The van der Waals surface area contributed by atoms with Crippen LogP contribution >= 0.6 is 11.3 Å². The van der Waals surface area contributed by atoms with Crippen molar-refractivity contribution in [3.8, 4) is 11.5 Å². The smallest absolute Gasteiger partial charge is 0.333 e. The minimum atomic E-state index is -0.602. The number of nitrogens with zero attached hydrogens (tertiary/aromatic N) is 1. The second kappa shape index (κ2) is 11.7. The third-order valence-corrected chi connectivity index (χ3v) is 6.34. The third kappa shape index (κ3) is 6.39. The molecular weight excluding hydrogens is 487 g/mol. The van der Waals surface area contributed by atoms with Gasteiger partial charge in [-0.25, -0.2) is 9.18 Å². The van der Waals surface area contributed by atoms with Gasteiger partial charge < -0.3 is 19.5 Å². The number of carbonyl (C=O) groups excluding carboxylic acids is 2. The molecule has 2 aromatic carbocycles. The van der Waals surface area contributed by atoms with Gasteiger partial charge in [-0.05, 0) is 54.8 Å². The summed E-state index contributed by atoms with van der Waals surface area (Å²) in [6, 6.07) is 11.4. The van der Waals surface area contributed by atoms with Gasteiger partial charge in [-0.2, -0.15) is 0 Å². The second-order valence-corrected chi connectivity index (χ2v) is 8.93. The zero-order valence-corrected chi connectivity index (χ0v) is 20.4. The van der Waals surface area contributed by atoms with Crippen LogP contribution in [0.3, 0.4) is 0 Å². The highest BCUT2D eigenvalue weighted by Gasteiger charge is 2.13. The zero-order chi connectivity index (χ0) is 25.5. The lowest BCUT2D eigenvalue weighted by Gasteiger charge is -2.18. The van der Waals surface area contributed by atoms with E-state index in [9.17, 15) is 18.8 Å². The van der Waals surface area contributed by atoms with Gasteiger partial charge in [0.05, 0.1) is 17.2 Å². The maximum absolute atomic E-state index is 13.2. The SMILES string of the molecule is CCOC(=O)/C=c1/s/c(=C\c2ccc3c(c2)OCCO3)c(=O)n1CC(=O)NCCc1ccc(F)cc1. The molecule has 0 atom stereocenters. The number of carbonyl (C=O) groups is 2. The molecule has 1 amide bonds. The average molecular weight is 513 g/mol. The van der Waals surface area contributed by atoms with Gasteiger partial charge in [-0.1, -0.05) is 18.2 Å². The van der Waals surface area contributed by atoms with Crippen LogP contribution in [0.25, 0.3) is 12.2 Å². The molecule has 0 spiro atoms. The van der Waals surface area contributed by atoms with Crippen LogP contribution in [-0.2, 0) is 27.3 Å². The van der Waals surface area contributed by atoms with Gasteiger partial charge in [0.25, 0.3) is 5.56 Å². The third-order valence-electron chi connectivity index (χ3n) is 5.28. The summed E-state index contributed by atoms with van der Waals surface area (Å²) in [6.45, 7) is 2.84. The summed E-state index contributed by atoms with van der Waals surface area (Å²) in [5.41, 5.74) is 1.19. The Morgan fingerprint density at radius 3 is 2.64 bits per heavy atom. The monoisotopic (exact) mass is 512 g/mol. The van der Waals surface area contributed by atoms with Crippen molar-refractivity contribution in [1.29, 1.82) is 0 Å². The Balaban J connectivity index is 1.57. The van der Waals surface area contributed by atoms with E-state index < -0.39 is 11.5 Å². The molecule has 8 nitrogen and oxygen atoms in total. The molecule has 0 saturated carbocycles. The summed E-state index contributed by atoms with van der Waals surface area (Å²) in [6.07, 6.45) is 3.40. The van der Waals surface area contributed by atoms with Gasteiger partial charge in [0.15, 0.2) is 11.5 Å². The fraction of sp³-hybridized carbons (Fsp3) is 0.269. The second-order valence-electron chi connectivity index (χ2n) is 7.87. The van der Waals surface area contributed by atoms with Crippen LogP contribution in [0.15, 0.2) is 47.3 Å². The highest BCUT2D eigenvalue weighted by Crippen LogP contribution is 2.30. The molecule has 0 bridgehead atoms. The Kier molecular flexibility index (Phi) is 8.17. The lowest BCUT2D eigenvalue weighted by atomic mass is 10.1. The molecule has 0 radical (unpaired) electrons. The highest BCUT2D eigenvalue weighted by atomic mass is 32.1. The Hall–Kier alpha value is -3.92. The molecule has 0 fully saturated rings. The number of aromatic nitrogens is 1. The first-order valence-electron chi connectivity index (χ1n) is 11.4. The molecule has 1 aliphatic rings. The molecule has 188 valence electrons. The Morgan fingerprint density at radius 2 is 1.89 bits per heavy atom. The van der Waals surface area contributed by atoms with Crippen LogP contribution in [0, 0.1) is 5.82 Å². The van der Waals surface area contributed by atoms with Crippen LogP contribution in [0.4, 0.5) is 4.39 Å². The summed E-state index contributed by atoms with van der Waals surface area (Å²) >= 11 is 1.09. The standard InChI is InChI=1S/C26H25FN2O6S/c1-2-33-25(31)15-24-29(16-23(30)28-10-9-17-3-6-19(27)7-4-17)26(32)22(36-24)14-18-5-8-20-21(13-18)35-12-11-34-20/h3-8,13-15H,2,9-12,16H2,1H3,(H,28,30)/b22-14-,24-15+. The van der Waals surface area contributed by atoms with Crippen molar-refractivity contribution in [3.63, 3.8) is 0 Å². The maximum Gasteiger partial charge on any atom is 0.333 e. The predicted octanol–water partition coefficient (Wildman–Crippen LogP) is 1.35. The quantitative estimate of drug-likeness (QED) is 0.458. The van der Waals surface area contributed by atoms with Crippen molar-refractivity contribution in [2.75, 3.05) is 26.4 Å². The first-order chi connectivity index (χ1) is 17.4. The van der Waals surface area contributed by atoms with Gasteiger partial charge in [-0.3, -0.25) is 14.2 Å². The van der Waals surface area contributed by atoms with E-state index in [1.165, 1.54) is 22.8 Å². The summed E-state index contributed by atoms with van der Waals surface area (Å²) < 4.78 is 31.1. The normalized spacial score (nSPS) is 13.5. The molecule has 0 aliphatic carbocycles. The molecular formula is C26H25FN2O6S. The lowest BCUT2D eigenvalue weighted by Crippen LogP contribution is -2.38. The van der Waals surface area contributed by atoms with E-state index in [0.29, 0.717) is 46.9 Å². The highest BCUT2D eigenvalue weighted by molar-refractivity contribution is 7.07. The summed E-state index contributed by atoms with van der Waals surface area (Å²) in [5, 5.41) is 2.76. The van der Waals surface area contributed by atoms with E-state index in [-0.39, 0.29) is 24.9 Å². The fourth-order valence-electron chi connectivity index (χ4n) is 3.58. The Morgan fingerprint density at radius 1 is 1.14 bits per heavy atom. The number of esters is 1. The number of hydrogen-bond donors (Lipinski definition) is 1. The number of hydrogen-bond acceptors (Lipinski definition) is 7. The largest absolute Gasteiger partial charge is 0.486 e. The molecule has 2 heterocycles. The molecule has 0 unspecified atom stereocenters. The lowest BCUT2D eigenvalue weighted by molar-refractivity contribution is -0.135. The number of nitrogens with one attached hydrogen (secondary N) is 1. The van der Waals surface area contributed by atoms with Gasteiger partial charge in [0.1, 0.15) is 30.2 Å². The molecule has 3 aromatic rings. The fourth-order valence-corrected chi connectivity index (χ4v) is 4.61. The van der Waals surface area contributed by atoms with E-state index in [1.54, 1.807) is 43.3 Å². The Bertz CT molecular complexity index is 1430. The van der Waals surface area contributed by atoms with Crippen molar-refractivity contribution >= 4 is 35.4 Å². The molecule has 1 aliphatic heterocycles.